The monoisotopic (exact) mass is 523 g/mol. The van der Waals surface area contributed by atoms with E-state index in [9.17, 15) is 9.18 Å². The van der Waals surface area contributed by atoms with Crippen LogP contribution in [0.5, 0.6) is 0 Å². The molecule has 6 nitrogen and oxygen atoms in total. The molecule has 38 heavy (non-hydrogen) atoms. The summed E-state index contributed by atoms with van der Waals surface area (Å²) in [5, 5.41) is 7.68. The van der Waals surface area contributed by atoms with E-state index in [0.29, 0.717) is 6.54 Å². The Kier molecular flexibility index (Phi) is 6.25. The highest BCUT2D eigenvalue weighted by Gasteiger charge is 2.36. The number of thioether (sulfide) groups is 1. The van der Waals surface area contributed by atoms with Gasteiger partial charge in [0, 0.05) is 16.7 Å². The SMILES string of the molecule is CSc1ccc([C@H]2c3cccn3-c3c(c(C)nn3-c3ccccc3)CN2C(=O)Nc2ccccc2F)cc1. The lowest BCUT2D eigenvalue weighted by Gasteiger charge is -2.31. The molecule has 3 heterocycles. The second kappa shape index (κ2) is 9.87. The van der Waals surface area contributed by atoms with Crippen LogP contribution < -0.4 is 5.32 Å². The molecule has 3 aromatic carbocycles. The first-order valence-corrected chi connectivity index (χ1v) is 13.6. The number of amides is 2. The molecule has 0 radical (unpaired) electrons. The number of fused-ring (bicyclic) bond motifs is 3. The minimum Gasteiger partial charge on any atom is -0.307 e. The third-order valence-corrected chi connectivity index (χ3v) is 7.64. The van der Waals surface area contributed by atoms with Gasteiger partial charge in [-0.3, -0.25) is 0 Å². The summed E-state index contributed by atoms with van der Waals surface area (Å²) in [5.41, 5.74) is 4.71. The summed E-state index contributed by atoms with van der Waals surface area (Å²) in [6, 6.07) is 27.7. The summed E-state index contributed by atoms with van der Waals surface area (Å²) < 4.78 is 18.6. The molecule has 6 rings (SSSR count). The van der Waals surface area contributed by atoms with Crippen LogP contribution in [0.3, 0.4) is 0 Å². The largest absolute Gasteiger partial charge is 0.323 e. The van der Waals surface area contributed by atoms with E-state index in [2.05, 4.69) is 34.1 Å². The van der Waals surface area contributed by atoms with Crippen molar-refractivity contribution in [1.29, 1.82) is 0 Å². The summed E-state index contributed by atoms with van der Waals surface area (Å²) in [4.78, 5) is 16.8. The van der Waals surface area contributed by atoms with Gasteiger partial charge in [-0.25, -0.2) is 13.9 Å². The molecule has 5 aromatic rings. The van der Waals surface area contributed by atoms with E-state index in [4.69, 9.17) is 5.10 Å². The summed E-state index contributed by atoms with van der Waals surface area (Å²) in [5.74, 6) is 0.411. The second-order valence-electron chi connectivity index (χ2n) is 9.15. The molecule has 0 saturated heterocycles. The standard InChI is InChI=1S/C30H26FN5OS/c1-20-24-19-35(30(37)32-26-12-7-6-11-25(26)31)28(21-14-16-23(38-2)17-15-21)27-13-8-18-34(27)29(24)36(33-20)22-9-4-3-5-10-22/h3-18,28H,19H2,1-2H3,(H,32,37)/t28-/m0/s1. The Labute approximate surface area is 224 Å². The lowest BCUT2D eigenvalue weighted by Crippen LogP contribution is -2.38. The zero-order chi connectivity index (χ0) is 26.2. The number of halogens is 1. The van der Waals surface area contributed by atoms with Crippen LogP contribution in [0.4, 0.5) is 14.9 Å². The molecule has 0 aliphatic carbocycles. The minimum atomic E-state index is -0.478. The fourth-order valence-corrected chi connectivity index (χ4v) is 5.44. The number of carbonyl (C=O) groups excluding carboxylic acids is 1. The van der Waals surface area contributed by atoms with Crippen LogP contribution in [0.15, 0.2) is 102 Å². The summed E-state index contributed by atoms with van der Waals surface area (Å²) in [6.45, 7) is 2.26. The van der Waals surface area contributed by atoms with E-state index in [1.807, 2.05) is 66.5 Å². The molecular weight excluding hydrogens is 497 g/mol. The number of urea groups is 1. The van der Waals surface area contributed by atoms with Gasteiger partial charge in [0.15, 0.2) is 0 Å². The lowest BCUT2D eigenvalue weighted by molar-refractivity contribution is 0.194. The molecule has 190 valence electrons. The van der Waals surface area contributed by atoms with Crippen LogP contribution in [0, 0.1) is 12.7 Å². The number of benzene rings is 3. The van der Waals surface area contributed by atoms with Gasteiger partial charge < -0.3 is 14.8 Å². The molecule has 2 amide bonds. The molecule has 0 unspecified atom stereocenters. The Balaban J connectivity index is 1.53. The Bertz CT molecular complexity index is 1610. The summed E-state index contributed by atoms with van der Waals surface area (Å²) in [6.07, 6.45) is 4.05. The van der Waals surface area contributed by atoms with Gasteiger partial charge in [0.1, 0.15) is 11.6 Å². The lowest BCUT2D eigenvalue weighted by atomic mass is 10.0. The first kappa shape index (κ1) is 24.1. The number of rotatable bonds is 4. The predicted molar refractivity (Wildman–Crippen MR) is 149 cm³/mol. The van der Waals surface area contributed by atoms with Crippen molar-refractivity contribution in [2.45, 2.75) is 24.4 Å². The average Bonchev–Trinajstić information content (AvgIpc) is 3.51. The van der Waals surface area contributed by atoms with Gasteiger partial charge in [-0.1, -0.05) is 42.5 Å². The highest BCUT2D eigenvalue weighted by molar-refractivity contribution is 7.98. The Morgan fingerprint density at radius 2 is 1.71 bits per heavy atom. The fourth-order valence-electron chi connectivity index (χ4n) is 5.04. The zero-order valence-corrected chi connectivity index (χ0v) is 21.8. The quantitative estimate of drug-likeness (QED) is 0.259. The predicted octanol–water partition coefficient (Wildman–Crippen LogP) is 6.97. The van der Waals surface area contributed by atoms with E-state index >= 15 is 0 Å². The molecule has 1 aliphatic rings. The molecule has 0 bridgehead atoms. The van der Waals surface area contributed by atoms with Crippen molar-refractivity contribution in [3.05, 3.63) is 126 Å². The van der Waals surface area contributed by atoms with Crippen molar-refractivity contribution in [2.24, 2.45) is 0 Å². The molecule has 8 heteroatoms. The van der Waals surface area contributed by atoms with Crippen molar-refractivity contribution in [1.82, 2.24) is 19.2 Å². The molecule has 1 atom stereocenters. The zero-order valence-electron chi connectivity index (χ0n) is 21.0. The Morgan fingerprint density at radius 3 is 2.45 bits per heavy atom. The molecular formula is C30H26FN5OS. The number of aryl methyl sites for hydroxylation is 1. The maximum atomic E-state index is 14.5. The topological polar surface area (TPSA) is 55.1 Å². The fraction of sp³-hybridized carbons (Fsp3) is 0.133. The third-order valence-electron chi connectivity index (χ3n) is 6.89. The number of nitrogens with zero attached hydrogens (tertiary/aromatic N) is 4. The normalized spacial score (nSPS) is 14.5. The minimum absolute atomic E-state index is 0.144. The number of hydrogen-bond acceptors (Lipinski definition) is 3. The second-order valence-corrected chi connectivity index (χ2v) is 10.0. The number of aromatic nitrogens is 3. The van der Waals surface area contributed by atoms with E-state index in [1.165, 1.54) is 6.07 Å². The van der Waals surface area contributed by atoms with Gasteiger partial charge in [-0.05, 0) is 67.3 Å². The van der Waals surface area contributed by atoms with Gasteiger partial charge in [0.05, 0.1) is 35.3 Å². The van der Waals surface area contributed by atoms with Crippen molar-refractivity contribution in [2.75, 3.05) is 11.6 Å². The first-order valence-electron chi connectivity index (χ1n) is 12.3. The van der Waals surface area contributed by atoms with E-state index < -0.39 is 11.9 Å². The van der Waals surface area contributed by atoms with Crippen LogP contribution in [0.25, 0.3) is 11.5 Å². The van der Waals surface area contributed by atoms with Crippen LogP contribution in [-0.2, 0) is 6.54 Å². The van der Waals surface area contributed by atoms with Gasteiger partial charge >= 0.3 is 6.03 Å². The van der Waals surface area contributed by atoms with E-state index in [0.717, 1.165) is 38.9 Å². The van der Waals surface area contributed by atoms with Crippen LogP contribution in [-0.4, -0.2) is 31.5 Å². The third kappa shape index (κ3) is 4.16. The maximum absolute atomic E-state index is 14.5. The Hall–Kier alpha value is -4.30. The number of anilines is 1. The van der Waals surface area contributed by atoms with Crippen molar-refractivity contribution >= 4 is 23.5 Å². The molecule has 0 fully saturated rings. The first-order chi connectivity index (χ1) is 18.5. The van der Waals surface area contributed by atoms with Crippen molar-refractivity contribution in [3.63, 3.8) is 0 Å². The molecule has 0 spiro atoms. The van der Waals surface area contributed by atoms with Crippen molar-refractivity contribution < 1.29 is 9.18 Å². The highest BCUT2D eigenvalue weighted by atomic mass is 32.2. The highest BCUT2D eigenvalue weighted by Crippen LogP contribution is 2.39. The Morgan fingerprint density at radius 1 is 0.974 bits per heavy atom. The van der Waals surface area contributed by atoms with Gasteiger partial charge in [0.2, 0.25) is 0 Å². The molecule has 1 N–H and O–H groups in total. The van der Waals surface area contributed by atoms with Gasteiger partial charge in [0.25, 0.3) is 0 Å². The average molecular weight is 524 g/mol. The van der Waals surface area contributed by atoms with Gasteiger partial charge in [-0.2, -0.15) is 5.10 Å². The van der Waals surface area contributed by atoms with Crippen LogP contribution >= 0.6 is 11.8 Å². The smallest absolute Gasteiger partial charge is 0.307 e. The van der Waals surface area contributed by atoms with E-state index in [1.54, 1.807) is 34.9 Å². The number of para-hydroxylation sites is 2. The number of hydrogen-bond donors (Lipinski definition) is 1. The van der Waals surface area contributed by atoms with Crippen LogP contribution in [0.1, 0.15) is 28.6 Å². The van der Waals surface area contributed by atoms with Crippen LogP contribution in [0.2, 0.25) is 0 Å². The summed E-state index contributed by atoms with van der Waals surface area (Å²) >= 11 is 1.67. The van der Waals surface area contributed by atoms with Crippen molar-refractivity contribution in [3.8, 4) is 11.5 Å². The van der Waals surface area contributed by atoms with E-state index in [-0.39, 0.29) is 11.7 Å². The molecule has 1 aliphatic heterocycles. The number of nitrogens with one attached hydrogen (secondary N) is 1. The molecule has 2 aromatic heterocycles. The van der Waals surface area contributed by atoms with Gasteiger partial charge in [-0.15, -0.1) is 11.8 Å². The summed E-state index contributed by atoms with van der Waals surface area (Å²) in [7, 11) is 0. The maximum Gasteiger partial charge on any atom is 0.323 e. The number of carbonyl (C=O) groups is 1. The molecule has 0 saturated carbocycles.